The summed E-state index contributed by atoms with van der Waals surface area (Å²) >= 11 is 6.38. The summed E-state index contributed by atoms with van der Waals surface area (Å²) in [6.07, 6.45) is 4.46. The largest absolute Gasteiger partial charge is 0.487 e. The molecule has 7 nitrogen and oxygen atoms in total. The second-order valence-corrected chi connectivity index (χ2v) is 7.79. The van der Waals surface area contributed by atoms with Gasteiger partial charge in [0, 0.05) is 11.9 Å². The lowest BCUT2D eigenvalue weighted by atomic mass is 10.2. The predicted octanol–water partition coefficient (Wildman–Crippen LogP) is 4.13. The van der Waals surface area contributed by atoms with Crippen LogP contribution in [0.15, 0.2) is 66.2 Å². The molecule has 1 N–H and O–H groups in total. The molecule has 29 heavy (non-hydrogen) atoms. The maximum Gasteiger partial charge on any atom is 0.218 e. The Kier molecular flexibility index (Phi) is 5.64. The lowest BCUT2D eigenvalue weighted by Gasteiger charge is -2.11. The number of fused-ring (bicyclic) bond motifs is 1. The third-order valence-electron chi connectivity index (χ3n) is 4.04. The highest BCUT2D eigenvalue weighted by atomic mass is 35.5. The molecule has 0 fully saturated rings. The predicted molar refractivity (Wildman–Crippen MR) is 113 cm³/mol. The van der Waals surface area contributed by atoms with E-state index in [0.29, 0.717) is 39.9 Å². The number of nitrogens with one attached hydrogen (secondary N) is 1. The fraction of sp³-hybridized carbons (Fsp3) is 0.100. The van der Waals surface area contributed by atoms with Crippen molar-refractivity contribution >= 4 is 44.9 Å². The van der Waals surface area contributed by atoms with E-state index in [1.54, 1.807) is 12.1 Å². The molecule has 0 aliphatic rings. The van der Waals surface area contributed by atoms with Crippen molar-refractivity contribution in [1.82, 2.24) is 19.9 Å². The Hall–Kier alpha value is -3.10. The van der Waals surface area contributed by atoms with Crippen LogP contribution in [0.25, 0.3) is 11.0 Å². The number of ether oxygens (including phenoxy) is 1. The van der Waals surface area contributed by atoms with E-state index < -0.39 is 10.8 Å². The second kappa shape index (κ2) is 8.50. The first-order chi connectivity index (χ1) is 14.1. The first kappa shape index (κ1) is 19.2. The van der Waals surface area contributed by atoms with E-state index in [2.05, 4.69) is 25.3 Å². The standard InChI is InChI=1S/C20H16ClN5O2S/c1-29(27)20-22-10-16-18(26-20)19(24-12-23-16)25-14-7-8-17(15(21)9-14)28-11-13-5-3-2-4-6-13/h2-10,12H,11H2,1H3,(H,23,24,25). The molecule has 2 aromatic carbocycles. The van der Waals surface area contributed by atoms with Crippen LogP contribution in [0.2, 0.25) is 5.02 Å². The average molecular weight is 426 g/mol. The zero-order chi connectivity index (χ0) is 20.2. The monoisotopic (exact) mass is 425 g/mol. The third kappa shape index (κ3) is 4.49. The summed E-state index contributed by atoms with van der Waals surface area (Å²) in [5.74, 6) is 1.05. The van der Waals surface area contributed by atoms with E-state index in [1.807, 2.05) is 36.4 Å². The van der Waals surface area contributed by atoms with E-state index in [-0.39, 0.29) is 5.16 Å². The first-order valence-electron chi connectivity index (χ1n) is 8.64. The number of benzene rings is 2. The molecule has 0 saturated carbocycles. The minimum Gasteiger partial charge on any atom is -0.487 e. The number of aromatic nitrogens is 4. The summed E-state index contributed by atoms with van der Waals surface area (Å²) in [5, 5.41) is 3.86. The summed E-state index contributed by atoms with van der Waals surface area (Å²) in [6, 6.07) is 15.2. The van der Waals surface area contributed by atoms with Crippen LogP contribution >= 0.6 is 11.6 Å². The molecule has 1 unspecified atom stereocenters. The van der Waals surface area contributed by atoms with E-state index in [1.165, 1.54) is 18.8 Å². The van der Waals surface area contributed by atoms with E-state index in [9.17, 15) is 4.21 Å². The summed E-state index contributed by atoms with van der Waals surface area (Å²) < 4.78 is 17.5. The zero-order valence-corrected chi connectivity index (χ0v) is 16.9. The molecule has 0 amide bonds. The van der Waals surface area contributed by atoms with Crippen molar-refractivity contribution in [2.24, 2.45) is 0 Å². The Morgan fingerprint density at radius 2 is 1.93 bits per heavy atom. The fourth-order valence-corrected chi connectivity index (χ4v) is 3.29. The average Bonchev–Trinajstić information content (AvgIpc) is 2.74. The van der Waals surface area contributed by atoms with Gasteiger partial charge in [0.25, 0.3) is 0 Å². The highest BCUT2D eigenvalue weighted by Crippen LogP contribution is 2.30. The molecule has 0 aliphatic carbocycles. The van der Waals surface area contributed by atoms with Crippen molar-refractivity contribution < 1.29 is 8.95 Å². The van der Waals surface area contributed by atoms with Gasteiger partial charge in [-0.25, -0.2) is 19.9 Å². The maximum absolute atomic E-state index is 11.7. The number of hydrogen-bond donors (Lipinski definition) is 1. The fourth-order valence-electron chi connectivity index (χ4n) is 2.64. The van der Waals surface area contributed by atoms with E-state index >= 15 is 0 Å². The zero-order valence-electron chi connectivity index (χ0n) is 15.4. The molecule has 9 heteroatoms. The molecule has 4 aromatic rings. The minimum atomic E-state index is -1.31. The van der Waals surface area contributed by atoms with Crippen LogP contribution in [0.5, 0.6) is 5.75 Å². The SMILES string of the molecule is CS(=O)c1ncc2ncnc(Nc3ccc(OCc4ccccc4)c(Cl)c3)c2n1. The highest BCUT2D eigenvalue weighted by molar-refractivity contribution is 7.84. The van der Waals surface area contributed by atoms with Gasteiger partial charge in [-0.15, -0.1) is 0 Å². The van der Waals surface area contributed by atoms with Crippen LogP contribution in [0.3, 0.4) is 0 Å². The van der Waals surface area contributed by atoms with Crippen LogP contribution in [0, 0.1) is 0 Å². The number of anilines is 2. The lowest BCUT2D eigenvalue weighted by Crippen LogP contribution is -2.02. The highest BCUT2D eigenvalue weighted by Gasteiger charge is 2.11. The van der Waals surface area contributed by atoms with Crippen molar-refractivity contribution in [1.29, 1.82) is 0 Å². The second-order valence-electron chi connectivity index (χ2n) is 6.11. The van der Waals surface area contributed by atoms with Crippen LogP contribution in [0.1, 0.15) is 5.56 Å². The molecule has 0 aliphatic heterocycles. The summed E-state index contributed by atoms with van der Waals surface area (Å²) in [4.78, 5) is 16.8. The Labute approximate surface area is 174 Å². The van der Waals surface area contributed by atoms with Gasteiger partial charge in [-0.1, -0.05) is 41.9 Å². The molecule has 0 radical (unpaired) electrons. The van der Waals surface area contributed by atoms with Gasteiger partial charge in [0.05, 0.1) is 22.0 Å². The van der Waals surface area contributed by atoms with E-state index in [4.69, 9.17) is 16.3 Å². The lowest BCUT2D eigenvalue weighted by molar-refractivity contribution is 0.306. The van der Waals surface area contributed by atoms with Gasteiger partial charge in [-0.3, -0.25) is 4.21 Å². The normalized spacial score (nSPS) is 11.9. The topological polar surface area (TPSA) is 89.9 Å². The van der Waals surface area contributed by atoms with Crippen LogP contribution in [0.4, 0.5) is 11.5 Å². The van der Waals surface area contributed by atoms with Gasteiger partial charge in [-0.05, 0) is 23.8 Å². The summed E-state index contributed by atoms with van der Waals surface area (Å²) in [5.41, 5.74) is 2.79. The molecule has 0 spiro atoms. The number of hydrogen-bond acceptors (Lipinski definition) is 7. The van der Waals surface area contributed by atoms with E-state index in [0.717, 1.165) is 5.56 Å². The van der Waals surface area contributed by atoms with Gasteiger partial charge in [-0.2, -0.15) is 0 Å². The Morgan fingerprint density at radius 3 is 2.69 bits per heavy atom. The van der Waals surface area contributed by atoms with Crippen LogP contribution in [-0.4, -0.2) is 30.4 Å². The van der Waals surface area contributed by atoms with Crippen LogP contribution in [-0.2, 0) is 17.4 Å². The summed E-state index contributed by atoms with van der Waals surface area (Å²) in [6.45, 7) is 0.428. The van der Waals surface area contributed by atoms with Gasteiger partial charge in [0.2, 0.25) is 5.16 Å². The number of rotatable bonds is 6. The summed E-state index contributed by atoms with van der Waals surface area (Å²) in [7, 11) is -1.31. The molecule has 1 atom stereocenters. The molecular formula is C20H16ClN5O2S. The Morgan fingerprint density at radius 1 is 1.10 bits per heavy atom. The first-order valence-corrected chi connectivity index (χ1v) is 10.6. The van der Waals surface area contributed by atoms with Crippen molar-refractivity contribution in [2.75, 3.05) is 11.6 Å². The minimum absolute atomic E-state index is 0.220. The number of nitrogens with zero attached hydrogens (tertiary/aromatic N) is 4. The Balaban J connectivity index is 1.56. The molecular weight excluding hydrogens is 410 g/mol. The molecule has 2 heterocycles. The number of halogens is 1. The van der Waals surface area contributed by atoms with Gasteiger partial charge in [0.1, 0.15) is 29.7 Å². The van der Waals surface area contributed by atoms with Gasteiger partial charge in [0.15, 0.2) is 5.82 Å². The van der Waals surface area contributed by atoms with Crippen molar-refractivity contribution in [3.63, 3.8) is 0 Å². The molecule has 2 aromatic heterocycles. The Bertz CT molecular complexity index is 1190. The van der Waals surface area contributed by atoms with Crippen LogP contribution < -0.4 is 10.1 Å². The molecule has 0 saturated heterocycles. The van der Waals surface area contributed by atoms with Gasteiger partial charge >= 0.3 is 0 Å². The van der Waals surface area contributed by atoms with Gasteiger partial charge < -0.3 is 10.1 Å². The maximum atomic E-state index is 11.7. The van der Waals surface area contributed by atoms with Crippen molar-refractivity contribution in [3.05, 3.63) is 71.6 Å². The van der Waals surface area contributed by atoms with Crippen molar-refractivity contribution in [2.45, 2.75) is 11.8 Å². The molecule has 4 rings (SSSR count). The van der Waals surface area contributed by atoms with Crippen molar-refractivity contribution in [3.8, 4) is 5.75 Å². The smallest absolute Gasteiger partial charge is 0.218 e. The third-order valence-corrected chi connectivity index (χ3v) is 5.05. The quantitative estimate of drug-likeness (QED) is 0.464. The molecule has 146 valence electrons. The molecule has 0 bridgehead atoms.